The maximum absolute atomic E-state index is 3.42. The molecule has 3 rings (SSSR count). The molecule has 1 N–H and O–H groups in total. The average molecular weight is 272 g/mol. The Labute approximate surface area is 111 Å². The van der Waals surface area contributed by atoms with E-state index >= 15 is 0 Å². The summed E-state index contributed by atoms with van der Waals surface area (Å²) in [6.45, 7) is 0. The zero-order valence-electron chi connectivity index (χ0n) is 8.34. The summed E-state index contributed by atoms with van der Waals surface area (Å²) < 4.78 is 0. The lowest BCUT2D eigenvalue weighted by atomic mass is 10.2. The normalized spacial score (nSPS) is 11.0. The lowest BCUT2D eigenvalue weighted by molar-refractivity contribution is 1.32. The van der Waals surface area contributed by atoms with Crippen LogP contribution in [0.2, 0.25) is 0 Å². The molecule has 0 spiro atoms. The molecule has 1 heterocycles. The molecule has 0 atom stereocenters. The third-order valence-electron chi connectivity index (χ3n) is 2.26. The zero-order chi connectivity index (χ0) is 9.38. The predicted molar refractivity (Wildman–Crippen MR) is 74.8 cm³/mol. The molecule has 1 nitrogen and oxygen atoms in total. The summed E-state index contributed by atoms with van der Waals surface area (Å²) in [7, 11) is 0. The van der Waals surface area contributed by atoms with Crippen LogP contribution in [0.25, 0.3) is 0 Å². The highest BCUT2D eigenvalue weighted by atomic mass is 35.5. The van der Waals surface area contributed by atoms with Crippen molar-refractivity contribution >= 4 is 48.0 Å². The van der Waals surface area contributed by atoms with E-state index in [0.29, 0.717) is 0 Å². The number of halogens is 2. The fourth-order valence-corrected chi connectivity index (χ4v) is 2.57. The van der Waals surface area contributed by atoms with Gasteiger partial charge in [-0.15, -0.1) is 24.8 Å². The first-order valence-corrected chi connectivity index (χ1v) is 5.38. The van der Waals surface area contributed by atoms with Crippen molar-refractivity contribution in [3.63, 3.8) is 0 Å². The molecule has 0 saturated carbocycles. The highest BCUT2D eigenvalue weighted by Crippen LogP contribution is 2.43. The maximum atomic E-state index is 3.42. The molecule has 0 amide bonds. The summed E-state index contributed by atoms with van der Waals surface area (Å²) in [6.07, 6.45) is 0. The summed E-state index contributed by atoms with van der Waals surface area (Å²) >= 11 is 1.82. The number of hydrogen-bond donors (Lipinski definition) is 1. The Balaban J connectivity index is 0.000000640. The lowest BCUT2D eigenvalue weighted by Crippen LogP contribution is -1.98. The van der Waals surface area contributed by atoms with Gasteiger partial charge < -0.3 is 5.32 Å². The monoisotopic (exact) mass is 271 g/mol. The molecule has 2 aromatic rings. The van der Waals surface area contributed by atoms with E-state index in [1.807, 2.05) is 11.8 Å². The third-order valence-corrected chi connectivity index (χ3v) is 3.42. The Kier molecular flexibility index (Phi) is 4.54. The van der Waals surface area contributed by atoms with E-state index in [0.717, 1.165) is 0 Å². The number of anilines is 2. The molecule has 0 bridgehead atoms. The topological polar surface area (TPSA) is 12.0 Å². The van der Waals surface area contributed by atoms with E-state index in [-0.39, 0.29) is 24.8 Å². The Bertz CT molecular complexity index is 400. The number of para-hydroxylation sites is 2. The number of hydrogen-bond acceptors (Lipinski definition) is 2. The van der Waals surface area contributed by atoms with E-state index in [2.05, 4.69) is 53.8 Å². The third kappa shape index (κ3) is 2.29. The van der Waals surface area contributed by atoms with Crippen LogP contribution in [-0.4, -0.2) is 0 Å². The largest absolute Gasteiger partial charge is 0.354 e. The van der Waals surface area contributed by atoms with Crippen LogP contribution < -0.4 is 5.32 Å². The van der Waals surface area contributed by atoms with Gasteiger partial charge in [0.05, 0.1) is 11.4 Å². The van der Waals surface area contributed by atoms with Gasteiger partial charge in [0.25, 0.3) is 0 Å². The Morgan fingerprint density at radius 1 is 0.688 bits per heavy atom. The molecule has 16 heavy (non-hydrogen) atoms. The van der Waals surface area contributed by atoms with E-state index < -0.39 is 0 Å². The predicted octanol–water partition coefficient (Wildman–Crippen LogP) is 4.74. The molecule has 0 aliphatic carbocycles. The van der Waals surface area contributed by atoms with E-state index in [1.165, 1.54) is 21.2 Å². The van der Waals surface area contributed by atoms with Gasteiger partial charge in [0.2, 0.25) is 0 Å². The first-order valence-electron chi connectivity index (χ1n) is 4.56. The van der Waals surface area contributed by atoms with Crippen LogP contribution in [0, 0.1) is 0 Å². The summed E-state index contributed by atoms with van der Waals surface area (Å²) in [5, 5.41) is 3.42. The van der Waals surface area contributed by atoms with Crippen molar-refractivity contribution in [1.29, 1.82) is 0 Å². The minimum absolute atomic E-state index is 0. The van der Waals surface area contributed by atoms with Crippen LogP contribution in [0.1, 0.15) is 0 Å². The molecule has 0 fully saturated rings. The standard InChI is InChI=1S/C12H9NS.2ClH/c1-3-7-11-9(5-1)13-10-6-2-4-8-12(10)14-11;;/h1-8,13H;2*1H. The van der Waals surface area contributed by atoms with Crippen molar-refractivity contribution < 1.29 is 0 Å². The molecule has 1 aliphatic heterocycles. The van der Waals surface area contributed by atoms with Gasteiger partial charge in [0.15, 0.2) is 0 Å². The van der Waals surface area contributed by atoms with Gasteiger partial charge in [-0.05, 0) is 24.3 Å². The summed E-state index contributed by atoms with van der Waals surface area (Å²) in [5.74, 6) is 0. The Morgan fingerprint density at radius 2 is 1.12 bits per heavy atom. The quantitative estimate of drug-likeness (QED) is 0.634. The molecule has 2 aromatic carbocycles. The van der Waals surface area contributed by atoms with Crippen molar-refractivity contribution in [2.45, 2.75) is 9.79 Å². The summed E-state index contributed by atoms with van der Waals surface area (Å²) in [5.41, 5.74) is 2.41. The minimum atomic E-state index is 0. The zero-order valence-corrected chi connectivity index (χ0v) is 10.8. The van der Waals surface area contributed by atoms with Crippen molar-refractivity contribution in [3.8, 4) is 0 Å². The van der Waals surface area contributed by atoms with Gasteiger partial charge in [-0.2, -0.15) is 0 Å². The molecule has 0 aromatic heterocycles. The molecule has 84 valence electrons. The first kappa shape index (κ1) is 13.2. The van der Waals surface area contributed by atoms with E-state index in [1.54, 1.807) is 0 Å². The van der Waals surface area contributed by atoms with Crippen LogP contribution >= 0.6 is 36.6 Å². The molecule has 1 aliphatic rings. The molecular weight excluding hydrogens is 261 g/mol. The first-order chi connectivity index (χ1) is 6.93. The van der Waals surface area contributed by atoms with Gasteiger partial charge in [-0.25, -0.2) is 0 Å². The maximum Gasteiger partial charge on any atom is 0.0526 e. The average Bonchev–Trinajstić information content (AvgIpc) is 2.26. The van der Waals surface area contributed by atoms with Crippen molar-refractivity contribution in [3.05, 3.63) is 48.5 Å². The van der Waals surface area contributed by atoms with Crippen molar-refractivity contribution in [1.82, 2.24) is 0 Å². The summed E-state index contributed by atoms with van der Waals surface area (Å²) in [6, 6.07) is 16.8. The Hall–Kier alpha value is -0.830. The van der Waals surface area contributed by atoms with Crippen LogP contribution in [-0.2, 0) is 0 Å². The van der Waals surface area contributed by atoms with Crippen LogP contribution in [0.5, 0.6) is 0 Å². The van der Waals surface area contributed by atoms with E-state index in [4.69, 9.17) is 0 Å². The van der Waals surface area contributed by atoms with E-state index in [9.17, 15) is 0 Å². The smallest absolute Gasteiger partial charge is 0.0526 e. The number of fused-ring (bicyclic) bond motifs is 2. The van der Waals surface area contributed by atoms with Crippen molar-refractivity contribution in [2.75, 3.05) is 5.32 Å². The van der Waals surface area contributed by atoms with Crippen LogP contribution in [0.4, 0.5) is 11.4 Å². The number of benzene rings is 2. The fourth-order valence-electron chi connectivity index (χ4n) is 1.58. The van der Waals surface area contributed by atoms with Crippen LogP contribution in [0.3, 0.4) is 0 Å². The highest BCUT2D eigenvalue weighted by molar-refractivity contribution is 7.99. The molecule has 0 unspecified atom stereocenters. The number of nitrogens with one attached hydrogen (secondary N) is 1. The molecule has 4 heteroatoms. The fraction of sp³-hybridized carbons (Fsp3) is 0. The minimum Gasteiger partial charge on any atom is -0.354 e. The lowest BCUT2D eigenvalue weighted by Gasteiger charge is -2.19. The molecular formula is C12H11Cl2NS. The summed E-state index contributed by atoms with van der Waals surface area (Å²) in [4.78, 5) is 2.59. The van der Waals surface area contributed by atoms with Crippen molar-refractivity contribution in [2.24, 2.45) is 0 Å². The van der Waals surface area contributed by atoms with Gasteiger partial charge in [0, 0.05) is 9.79 Å². The SMILES string of the molecule is Cl.Cl.c1ccc2c(c1)Nc1ccccc1S2. The van der Waals surface area contributed by atoms with Gasteiger partial charge in [-0.1, -0.05) is 36.0 Å². The second kappa shape index (κ2) is 5.48. The molecule has 0 radical (unpaired) electrons. The van der Waals surface area contributed by atoms with Gasteiger partial charge in [0.1, 0.15) is 0 Å². The van der Waals surface area contributed by atoms with Crippen LogP contribution in [0.15, 0.2) is 58.3 Å². The number of rotatable bonds is 0. The van der Waals surface area contributed by atoms with Gasteiger partial charge >= 0.3 is 0 Å². The second-order valence-corrected chi connectivity index (χ2v) is 4.30. The Morgan fingerprint density at radius 3 is 1.62 bits per heavy atom. The van der Waals surface area contributed by atoms with Gasteiger partial charge in [-0.3, -0.25) is 0 Å². The second-order valence-electron chi connectivity index (χ2n) is 3.22. The highest BCUT2D eigenvalue weighted by Gasteiger charge is 2.13. The molecule has 0 saturated heterocycles.